The lowest BCUT2D eigenvalue weighted by Crippen LogP contribution is -2.31. The van der Waals surface area contributed by atoms with Gasteiger partial charge < -0.3 is 10.6 Å². The first-order valence-corrected chi connectivity index (χ1v) is 7.59. The summed E-state index contributed by atoms with van der Waals surface area (Å²) in [5, 5.41) is 2.97. The number of aromatic nitrogens is 1. The minimum atomic E-state index is 0. The van der Waals surface area contributed by atoms with E-state index in [1.807, 2.05) is 41.5 Å². The number of thiazole rings is 1. The van der Waals surface area contributed by atoms with Gasteiger partial charge in [0.15, 0.2) is 0 Å². The maximum absolute atomic E-state index is 12.4. The van der Waals surface area contributed by atoms with Crippen molar-refractivity contribution in [1.82, 2.24) is 9.88 Å². The number of carbonyl (C=O) groups excluding carboxylic acids is 1. The molecule has 1 fully saturated rings. The zero-order chi connectivity index (χ0) is 14.1. The van der Waals surface area contributed by atoms with Gasteiger partial charge in [-0.3, -0.25) is 4.79 Å². The van der Waals surface area contributed by atoms with E-state index < -0.39 is 0 Å². The van der Waals surface area contributed by atoms with Crippen LogP contribution in [0, 0.1) is 6.92 Å². The van der Waals surface area contributed by atoms with Gasteiger partial charge in [0.1, 0.15) is 5.01 Å². The topological polar surface area (TPSA) is 59.2 Å². The summed E-state index contributed by atoms with van der Waals surface area (Å²) in [6, 6.07) is 7.80. The van der Waals surface area contributed by atoms with Crippen LogP contribution in [0.1, 0.15) is 22.5 Å². The fourth-order valence-corrected chi connectivity index (χ4v) is 3.22. The monoisotopic (exact) mass is 359 g/mol. The van der Waals surface area contributed by atoms with Gasteiger partial charge in [-0.2, -0.15) is 0 Å². The van der Waals surface area contributed by atoms with E-state index in [4.69, 9.17) is 5.73 Å². The largest absolute Gasteiger partial charge is 0.337 e. The van der Waals surface area contributed by atoms with Crippen molar-refractivity contribution >= 4 is 42.1 Å². The molecule has 0 spiro atoms. The number of amides is 1. The van der Waals surface area contributed by atoms with E-state index in [1.54, 1.807) is 11.3 Å². The Kier molecular flexibility index (Phi) is 6.81. The fourth-order valence-electron chi connectivity index (χ4n) is 2.43. The normalized spacial score (nSPS) is 16.8. The molecule has 0 bridgehead atoms. The summed E-state index contributed by atoms with van der Waals surface area (Å²) in [6.45, 7) is 3.38. The van der Waals surface area contributed by atoms with E-state index in [-0.39, 0.29) is 36.8 Å². The smallest absolute Gasteiger partial charge is 0.253 e. The van der Waals surface area contributed by atoms with Crippen molar-refractivity contribution in [2.45, 2.75) is 19.4 Å². The zero-order valence-corrected chi connectivity index (χ0v) is 14.6. The van der Waals surface area contributed by atoms with Crippen molar-refractivity contribution in [2.75, 3.05) is 13.1 Å². The second kappa shape index (κ2) is 7.92. The minimum absolute atomic E-state index is 0. The fraction of sp³-hybridized carbons (Fsp3) is 0.333. The van der Waals surface area contributed by atoms with Crippen LogP contribution in [0.5, 0.6) is 0 Å². The van der Waals surface area contributed by atoms with E-state index >= 15 is 0 Å². The van der Waals surface area contributed by atoms with E-state index in [0.717, 1.165) is 29.2 Å². The summed E-state index contributed by atoms with van der Waals surface area (Å²) >= 11 is 1.60. The summed E-state index contributed by atoms with van der Waals surface area (Å²) < 4.78 is 0. The third kappa shape index (κ3) is 3.98. The van der Waals surface area contributed by atoms with Crippen LogP contribution in [0.3, 0.4) is 0 Å². The molecule has 0 unspecified atom stereocenters. The molecular formula is C15H19Cl2N3OS. The average Bonchev–Trinajstić information content (AvgIpc) is 3.07. The van der Waals surface area contributed by atoms with E-state index in [1.165, 1.54) is 0 Å². The van der Waals surface area contributed by atoms with Gasteiger partial charge in [0.2, 0.25) is 0 Å². The minimum Gasteiger partial charge on any atom is -0.337 e. The molecule has 2 N–H and O–H groups in total. The standard InChI is InChI=1S/C15H17N3OS.2ClH/c1-10-9-20-14(17-10)11-3-2-4-12(7-11)15(19)18-6-5-13(16)8-18;;/h2-4,7,9,13H,5-6,8,16H2,1H3;2*1H/t13-;;/m1../s1. The maximum Gasteiger partial charge on any atom is 0.253 e. The molecule has 0 radical (unpaired) electrons. The highest BCUT2D eigenvalue weighted by molar-refractivity contribution is 7.13. The first-order chi connectivity index (χ1) is 9.63. The maximum atomic E-state index is 12.4. The van der Waals surface area contributed by atoms with Crippen LogP contribution >= 0.6 is 36.2 Å². The highest BCUT2D eigenvalue weighted by atomic mass is 35.5. The number of nitrogens with zero attached hydrogens (tertiary/aromatic N) is 2. The summed E-state index contributed by atoms with van der Waals surface area (Å²) in [5.41, 5.74) is 8.58. The van der Waals surface area contributed by atoms with Crippen LogP contribution in [0.25, 0.3) is 10.6 Å². The predicted octanol–water partition coefficient (Wildman–Crippen LogP) is 3.14. The molecule has 0 saturated carbocycles. The molecule has 1 atom stereocenters. The van der Waals surface area contributed by atoms with Gasteiger partial charge in [-0.05, 0) is 25.5 Å². The third-order valence-corrected chi connectivity index (χ3v) is 4.50. The number of aryl methyl sites for hydroxylation is 1. The Bertz CT molecular complexity index is 647. The SMILES string of the molecule is Cc1csc(-c2cccc(C(=O)N3CC[C@@H](N)C3)c2)n1.Cl.Cl. The third-order valence-electron chi connectivity index (χ3n) is 3.49. The quantitative estimate of drug-likeness (QED) is 0.895. The Morgan fingerprint density at radius 1 is 1.41 bits per heavy atom. The van der Waals surface area contributed by atoms with Gasteiger partial charge in [0.25, 0.3) is 5.91 Å². The number of nitrogens with two attached hydrogens (primary N) is 1. The molecule has 7 heteroatoms. The summed E-state index contributed by atoms with van der Waals surface area (Å²) in [6.07, 6.45) is 0.886. The van der Waals surface area contributed by atoms with Crippen molar-refractivity contribution < 1.29 is 4.79 Å². The number of hydrogen-bond acceptors (Lipinski definition) is 4. The Balaban J connectivity index is 0.00000121. The highest BCUT2D eigenvalue weighted by Crippen LogP contribution is 2.25. The number of halogens is 2. The molecule has 0 aliphatic carbocycles. The Morgan fingerprint density at radius 3 is 2.77 bits per heavy atom. The summed E-state index contributed by atoms with van der Waals surface area (Å²) in [4.78, 5) is 18.7. The molecule has 1 aliphatic heterocycles. The lowest BCUT2D eigenvalue weighted by molar-refractivity contribution is 0.0791. The van der Waals surface area contributed by atoms with Crippen LogP contribution < -0.4 is 5.73 Å². The lowest BCUT2D eigenvalue weighted by atomic mass is 10.1. The predicted molar refractivity (Wildman–Crippen MR) is 95.3 cm³/mol. The molecule has 1 saturated heterocycles. The average molecular weight is 360 g/mol. The number of carbonyl (C=O) groups is 1. The van der Waals surface area contributed by atoms with Gasteiger partial charge in [-0.1, -0.05) is 12.1 Å². The molecule has 1 aromatic carbocycles. The van der Waals surface area contributed by atoms with Crippen LogP contribution in [0.4, 0.5) is 0 Å². The van der Waals surface area contributed by atoms with Gasteiger partial charge in [0, 0.05) is 41.3 Å². The Hall–Kier alpha value is -1.14. The molecule has 2 aromatic rings. The molecule has 1 aliphatic rings. The van der Waals surface area contributed by atoms with Crippen LogP contribution in [0.15, 0.2) is 29.6 Å². The van der Waals surface area contributed by atoms with E-state index in [9.17, 15) is 4.79 Å². The van der Waals surface area contributed by atoms with Crippen LogP contribution in [-0.4, -0.2) is 34.9 Å². The second-order valence-electron chi connectivity index (χ2n) is 5.17. The first kappa shape index (κ1) is 18.9. The molecule has 4 nitrogen and oxygen atoms in total. The Morgan fingerprint density at radius 2 is 2.18 bits per heavy atom. The highest BCUT2D eigenvalue weighted by Gasteiger charge is 2.24. The number of rotatable bonds is 2. The van der Waals surface area contributed by atoms with Gasteiger partial charge in [0.05, 0.1) is 0 Å². The van der Waals surface area contributed by atoms with Gasteiger partial charge in [-0.15, -0.1) is 36.2 Å². The molecule has 120 valence electrons. The van der Waals surface area contributed by atoms with Crippen molar-refractivity contribution in [3.63, 3.8) is 0 Å². The van der Waals surface area contributed by atoms with Crippen LogP contribution in [0.2, 0.25) is 0 Å². The van der Waals surface area contributed by atoms with Crippen molar-refractivity contribution in [2.24, 2.45) is 5.73 Å². The summed E-state index contributed by atoms with van der Waals surface area (Å²) in [5.74, 6) is 0.0630. The molecule has 1 amide bonds. The molecule has 1 aromatic heterocycles. The van der Waals surface area contributed by atoms with Gasteiger partial charge in [-0.25, -0.2) is 4.98 Å². The number of likely N-dealkylation sites (tertiary alicyclic amines) is 1. The molecule has 2 heterocycles. The lowest BCUT2D eigenvalue weighted by Gasteiger charge is -2.16. The number of benzene rings is 1. The Labute approximate surface area is 146 Å². The van der Waals surface area contributed by atoms with E-state index in [0.29, 0.717) is 12.1 Å². The van der Waals surface area contributed by atoms with Crippen molar-refractivity contribution in [1.29, 1.82) is 0 Å². The van der Waals surface area contributed by atoms with Crippen molar-refractivity contribution in [3.05, 3.63) is 40.9 Å². The second-order valence-corrected chi connectivity index (χ2v) is 6.03. The first-order valence-electron chi connectivity index (χ1n) is 6.71. The summed E-state index contributed by atoms with van der Waals surface area (Å²) in [7, 11) is 0. The zero-order valence-electron chi connectivity index (χ0n) is 12.2. The molecular weight excluding hydrogens is 341 g/mol. The van der Waals surface area contributed by atoms with Gasteiger partial charge >= 0.3 is 0 Å². The van der Waals surface area contributed by atoms with E-state index in [2.05, 4.69) is 4.98 Å². The molecule has 22 heavy (non-hydrogen) atoms. The number of hydrogen-bond donors (Lipinski definition) is 1. The van der Waals surface area contributed by atoms with Crippen LogP contribution in [-0.2, 0) is 0 Å². The molecule has 3 rings (SSSR count). The van der Waals surface area contributed by atoms with Crippen molar-refractivity contribution in [3.8, 4) is 10.6 Å².